The van der Waals surface area contributed by atoms with Gasteiger partial charge >= 0.3 is 5.97 Å². The van der Waals surface area contributed by atoms with Gasteiger partial charge < -0.3 is 5.11 Å². The molecule has 0 aliphatic heterocycles. The first-order chi connectivity index (χ1) is 12.9. The average molecular weight is 397 g/mol. The van der Waals surface area contributed by atoms with Crippen molar-refractivity contribution in [3.8, 4) is 0 Å². The first-order valence-corrected chi connectivity index (χ1v) is 9.99. The molecule has 27 heavy (non-hydrogen) atoms. The molecule has 4 heteroatoms. The summed E-state index contributed by atoms with van der Waals surface area (Å²) in [4.78, 5) is 11.8. The molecule has 138 valence electrons. The van der Waals surface area contributed by atoms with Crippen LogP contribution in [0.15, 0.2) is 78.9 Å². The molecule has 0 amide bonds. The summed E-state index contributed by atoms with van der Waals surface area (Å²) in [6.45, 7) is 3.76. The third-order valence-electron chi connectivity index (χ3n) is 4.59. The van der Waals surface area contributed by atoms with Crippen molar-refractivity contribution in [3.63, 3.8) is 0 Å². The fourth-order valence-corrected chi connectivity index (χ4v) is 5.01. The Morgan fingerprint density at radius 2 is 1.48 bits per heavy atom. The molecule has 3 rings (SSSR count). The second-order valence-corrected chi connectivity index (χ2v) is 8.45. The van der Waals surface area contributed by atoms with Crippen LogP contribution in [-0.2, 0) is 9.54 Å². The van der Waals surface area contributed by atoms with Crippen molar-refractivity contribution in [2.75, 3.05) is 0 Å². The van der Waals surface area contributed by atoms with Crippen LogP contribution in [0.3, 0.4) is 0 Å². The van der Waals surface area contributed by atoms with Crippen molar-refractivity contribution in [1.29, 1.82) is 0 Å². The van der Waals surface area contributed by atoms with Crippen molar-refractivity contribution in [3.05, 3.63) is 106 Å². The Labute approximate surface area is 169 Å². The number of aliphatic carboxylic acids is 1. The van der Waals surface area contributed by atoms with Crippen LogP contribution in [0.1, 0.15) is 29.2 Å². The minimum Gasteiger partial charge on any atom is -0.480 e. The minimum atomic E-state index is -0.848. The van der Waals surface area contributed by atoms with E-state index in [0.717, 1.165) is 22.3 Å². The van der Waals surface area contributed by atoms with Crippen LogP contribution in [-0.4, -0.2) is 16.3 Å². The van der Waals surface area contributed by atoms with E-state index in [2.05, 4.69) is 24.3 Å². The molecule has 0 aromatic heterocycles. The van der Waals surface area contributed by atoms with Gasteiger partial charge in [0.1, 0.15) is 5.25 Å². The zero-order chi connectivity index (χ0) is 19.4. The number of hydrogen-bond donors (Lipinski definition) is 1. The van der Waals surface area contributed by atoms with E-state index in [1.54, 1.807) is 6.92 Å². The first kappa shape index (κ1) is 19.5. The van der Waals surface area contributed by atoms with Crippen molar-refractivity contribution in [2.24, 2.45) is 0 Å². The largest absolute Gasteiger partial charge is 0.480 e. The SMILES string of the molecule is Cc1ccc(C(SC(C)C(=O)O)(c2ccccc2)c2ccccc2Cl)cc1. The fourth-order valence-electron chi connectivity index (χ4n) is 3.20. The molecule has 0 radical (unpaired) electrons. The number of carbonyl (C=O) groups is 1. The van der Waals surface area contributed by atoms with Gasteiger partial charge in [-0.2, -0.15) is 0 Å². The highest BCUT2D eigenvalue weighted by Gasteiger charge is 2.41. The van der Waals surface area contributed by atoms with E-state index in [-0.39, 0.29) is 0 Å². The topological polar surface area (TPSA) is 37.3 Å². The smallest absolute Gasteiger partial charge is 0.316 e. The number of halogens is 1. The van der Waals surface area contributed by atoms with Crippen LogP contribution in [0.5, 0.6) is 0 Å². The second kappa shape index (κ2) is 8.20. The lowest BCUT2D eigenvalue weighted by atomic mass is 9.83. The Balaban J connectivity index is 2.35. The number of carboxylic acid groups (broad SMARTS) is 1. The number of hydrogen-bond acceptors (Lipinski definition) is 2. The van der Waals surface area contributed by atoms with Gasteiger partial charge in [0.15, 0.2) is 0 Å². The van der Waals surface area contributed by atoms with E-state index in [1.165, 1.54) is 11.8 Å². The van der Waals surface area contributed by atoms with Gasteiger partial charge in [-0.3, -0.25) is 4.79 Å². The predicted molar refractivity (Wildman–Crippen MR) is 114 cm³/mol. The van der Waals surface area contributed by atoms with Crippen LogP contribution >= 0.6 is 23.4 Å². The lowest BCUT2D eigenvalue weighted by Crippen LogP contribution is -2.30. The molecule has 2 unspecified atom stereocenters. The van der Waals surface area contributed by atoms with Gasteiger partial charge in [0, 0.05) is 5.02 Å². The zero-order valence-electron chi connectivity index (χ0n) is 15.2. The van der Waals surface area contributed by atoms with E-state index in [0.29, 0.717) is 5.02 Å². The third kappa shape index (κ3) is 3.90. The average Bonchev–Trinajstić information content (AvgIpc) is 2.68. The number of thioether (sulfide) groups is 1. The maximum absolute atomic E-state index is 11.8. The van der Waals surface area contributed by atoms with Crippen LogP contribution in [0.25, 0.3) is 0 Å². The lowest BCUT2D eigenvalue weighted by molar-refractivity contribution is -0.136. The summed E-state index contributed by atoms with van der Waals surface area (Å²) in [5.74, 6) is -0.848. The van der Waals surface area contributed by atoms with E-state index in [9.17, 15) is 9.90 Å². The summed E-state index contributed by atoms with van der Waals surface area (Å²) in [5.41, 5.74) is 4.04. The molecular weight excluding hydrogens is 376 g/mol. The molecule has 0 spiro atoms. The highest BCUT2D eigenvalue weighted by atomic mass is 35.5. The summed E-state index contributed by atoms with van der Waals surface area (Å²) in [6, 6.07) is 25.9. The second-order valence-electron chi connectivity index (χ2n) is 6.49. The minimum absolute atomic E-state index is 0.618. The monoisotopic (exact) mass is 396 g/mol. The molecule has 0 aliphatic rings. The van der Waals surface area contributed by atoms with Gasteiger partial charge in [0.2, 0.25) is 0 Å². The zero-order valence-corrected chi connectivity index (χ0v) is 16.8. The Morgan fingerprint density at radius 1 is 0.926 bits per heavy atom. The van der Waals surface area contributed by atoms with Crippen LogP contribution in [0.4, 0.5) is 0 Å². The van der Waals surface area contributed by atoms with Gasteiger partial charge in [-0.25, -0.2) is 0 Å². The highest BCUT2D eigenvalue weighted by Crippen LogP contribution is 2.52. The van der Waals surface area contributed by atoms with Crippen molar-refractivity contribution < 1.29 is 9.90 Å². The molecule has 3 aromatic rings. The standard InChI is InChI=1S/C23H21ClO2S/c1-16-12-14-19(15-13-16)23(27-17(2)22(25)26,18-8-4-3-5-9-18)20-10-6-7-11-21(20)24/h3-15,17H,1-2H3,(H,25,26). The van der Waals surface area contributed by atoms with Gasteiger partial charge in [-0.05, 0) is 36.6 Å². The maximum Gasteiger partial charge on any atom is 0.316 e. The number of aryl methyl sites for hydroxylation is 1. The molecule has 2 nitrogen and oxygen atoms in total. The van der Waals surface area contributed by atoms with Gasteiger partial charge in [-0.1, -0.05) is 90.0 Å². The first-order valence-electron chi connectivity index (χ1n) is 8.73. The molecule has 3 aromatic carbocycles. The Bertz CT molecular complexity index is 925. The quantitative estimate of drug-likeness (QED) is 0.508. The van der Waals surface area contributed by atoms with Crippen molar-refractivity contribution in [1.82, 2.24) is 0 Å². The number of rotatable bonds is 6. The number of carboxylic acids is 1. The molecule has 0 saturated heterocycles. The maximum atomic E-state index is 11.8. The fraction of sp³-hybridized carbons (Fsp3) is 0.174. The molecule has 1 N–H and O–H groups in total. The van der Waals surface area contributed by atoms with Crippen LogP contribution in [0, 0.1) is 6.92 Å². The third-order valence-corrected chi connectivity index (χ3v) is 6.52. The molecule has 0 heterocycles. The van der Waals surface area contributed by atoms with E-state index in [4.69, 9.17) is 11.6 Å². The highest BCUT2D eigenvalue weighted by molar-refractivity contribution is 8.01. The van der Waals surface area contributed by atoms with Gasteiger partial charge in [0.05, 0.1) is 4.75 Å². The molecule has 2 atom stereocenters. The molecule has 0 aliphatic carbocycles. The molecule has 0 fully saturated rings. The lowest BCUT2D eigenvalue weighted by Gasteiger charge is -2.37. The predicted octanol–water partition coefficient (Wildman–Crippen LogP) is 6.15. The summed E-state index contributed by atoms with van der Waals surface area (Å²) < 4.78 is -0.731. The summed E-state index contributed by atoms with van der Waals surface area (Å²) in [7, 11) is 0. The normalized spacial score (nSPS) is 14.3. The number of benzene rings is 3. The van der Waals surface area contributed by atoms with Gasteiger partial charge in [-0.15, -0.1) is 11.8 Å². The molecule has 0 bridgehead atoms. The summed E-state index contributed by atoms with van der Waals surface area (Å²) in [6.07, 6.45) is 0. The van der Waals surface area contributed by atoms with E-state index >= 15 is 0 Å². The van der Waals surface area contributed by atoms with Crippen molar-refractivity contribution in [2.45, 2.75) is 23.8 Å². The van der Waals surface area contributed by atoms with Crippen molar-refractivity contribution >= 4 is 29.3 Å². The van der Waals surface area contributed by atoms with E-state index in [1.807, 2.05) is 61.5 Å². The molecule has 0 saturated carbocycles. The van der Waals surface area contributed by atoms with E-state index < -0.39 is 16.0 Å². The van der Waals surface area contributed by atoms with Crippen LogP contribution < -0.4 is 0 Å². The Hall–Kier alpha value is -2.23. The molecular formula is C23H21ClO2S. The van der Waals surface area contributed by atoms with Gasteiger partial charge in [0.25, 0.3) is 0 Å². The summed E-state index contributed by atoms with van der Waals surface area (Å²) >= 11 is 8.04. The van der Waals surface area contributed by atoms with Crippen LogP contribution in [0.2, 0.25) is 5.02 Å². The Kier molecular flexibility index (Phi) is 5.93. The Morgan fingerprint density at radius 3 is 2.07 bits per heavy atom. The summed E-state index contributed by atoms with van der Waals surface area (Å²) in [5, 5.41) is 9.64.